The van der Waals surface area contributed by atoms with Crippen molar-refractivity contribution in [3.8, 4) is 0 Å². The van der Waals surface area contributed by atoms with E-state index in [-0.39, 0.29) is 24.8 Å². The smallest absolute Gasteiger partial charge is 0.307 e. The summed E-state index contributed by atoms with van der Waals surface area (Å²) in [5.74, 6) is -1.22. The van der Waals surface area contributed by atoms with Crippen molar-refractivity contribution in [2.45, 2.75) is 45.1 Å². The van der Waals surface area contributed by atoms with Crippen molar-refractivity contribution in [3.05, 3.63) is 0 Å². The number of rotatable bonds is 9. The summed E-state index contributed by atoms with van der Waals surface area (Å²) in [6.07, 6.45) is 2.55. The van der Waals surface area contributed by atoms with Crippen molar-refractivity contribution < 1.29 is 23.9 Å². The summed E-state index contributed by atoms with van der Waals surface area (Å²) in [6, 6.07) is 0. The first-order valence-corrected chi connectivity index (χ1v) is 6.46. The summed E-state index contributed by atoms with van der Waals surface area (Å²) in [4.78, 5) is 22.3. The molecule has 0 rings (SSSR count). The molecule has 0 heterocycles. The maximum Gasteiger partial charge on any atom is 0.307 e. The Labute approximate surface area is 121 Å². The van der Waals surface area contributed by atoms with Crippen molar-refractivity contribution in [2.75, 3.05) is 27.7 Å². The van der Waals surface area contributed by atoms with Crippen LogP contribution in [0.15, 0.2) is 0 Å². The van der Waals surface area contributed by atoms with Crippen molar-refractivity contribution in [3.63, 3.8) is 0 Å². The van der Waals surface area contributed by atoms with Gasteiger partial charge in [-0.05, 0) is 6.42 Å². The number of carboxylic acids is 1. The average Bonchev–Trinajstić information content (AvgIpc) is 2.13. The van der Waals surface area contributed by atoms with Gasteiger partial charge in [0, 0.05) is 6.42 Å². The lowest BCUT2D eigenvalue weighted by Crippen LogP contribution is -2.43. The largest absolute Gasteiger partial charge is 0.481 e. The van der Waals surface area contributed by atoms with E-state index in [1.807, 2.05) is 21.1 Å². The molecule has 0 fully saturated rings. The number of ether oxygens (including phenoxy) is 1. The van der Waals surface area contributed by atoms with Gasteiger partial charge in [-0.3, -0.25) is 9.59 Å². The molecule has 0 aromatic rings. The normalized spacial score (nSPS) is 12.4. The third-order valence-corrected chi connectivity index (χ3v) is 2.44. The molecule has 1 atom stereocenters. The number of nitrogens with zero attached hydrogens (tertiary/aromatic N) is 1. The number of carbonyl (C=O) groups is 2. The zero-order valence-electron chi connectivity index (χ0n) is 12.3. The van der Waals surface area contributed by atoms with E-state index >= 15 is 0 Å². The lowest BCUT2D eigenvalue weighted by atomic mass is 10.2. The molecule has 0 saturated carbocycles. The van der Waals surface area contributed by atoms with Gasteiger partial charge < -0.3 is 14.3 Å². The van der Waals surface area contributed by atoms with Crippen molar-refractivity contribution >= 4 is 24.3 Å². The first-order chi connectivity index (χ1) is 8.24. The first kappa shape index (κ1) is 20.5. The molecule has 5 nitrogen and oxygen atoms in total. The molecular weight excluding hydrogens is 270 g/mol. The minimum atomic E-state index is -0.935. The van der Waals surface area contributed by atoms with Gasteiger partial charge in [0.25, 0.3) is 0 Å². The molecule has 0 aliphatic heterocycles. The second kappa shape index (κ2) is 10.0. The van der Waals surface area contributed by atoms with Crippen LogP contribution in [0.3, 0.4) is 0 Å². The standard InChI is InChI=1S/C13H25NO4.ClH/c1-5-6-7-8-13(17)18-11(9-12(15)16)10-14(2,3)4;/h11H,5-10H2,1-4H3;1H/p+1. The summed E-state index contributed by atoms with van der Waals surface area (Å²) in [5.41, 5.74) is 0. The highest BCUT2D eigenvalue weighted by atomic mass is 35.5. The Balaban J connectivity index is 0. The van der Waals surface area contributed by atoms with Crippen LogP contribution < -0.4 is 0 Å². The molecular formula is C13H27ClNO4+. The fourth-order valence-corrected chi connectivity index (χ4v) is 1.71. The van der Waals surface area contributed by atoms with Crippen LogP contribution in [0.1, 0.15) is 39.0 Å². The first-order valence-electron chi connectivity index (χ1n) is 6.46. The molecule has 0 aromatic carbocycles. The monoisotopic (exact) mass is 296 g/mol. The SMILES string of the molecule is CCCCCC(=O)OC(CC(=O)O)C[N+](C)(C)C.Cl. The van der Waals surface area contributed by atoms with Gasteiger partial charge in [-0.2, -0.15) is 0 Å². The summed E-state index contributed by atoms with van der Waals surface area (Å²) in [5, 5.41) is 8.81. The Morgan fingerprint density at radius 1 is 1.21 bits per heavy atom. The van der Waals surface area contributed by atoms with Crippen molar-refractivity contribution in [2.24, 2.45) is 0 Å². The minimum absolute atomic E-state index is 0. The molecule has 6 heteroatoms. The lowest BCUT2D eigenvalue weighted by Gasteiger charge is -2.28. The maximum absolute atomic E-state index is 11.6. The topological polar surface area (TPSA) is 63.6 Å². The highest BCUT2D eigenvalue weighted by Gasteiger charge is 2.24. The maximum atomic E-state index is 11.6. The quantitative estimate of drug-likeness (QED) is 0.402. The summed E-state index contributed by atoms with van der Waals surface area (Å²) in [6.45, 7) is 2.57. The van der Waals surface area contributed by atoms with Crippen LogP contribution >= 0.6 is 12.4 Å². The third kappa shape index (κ3) is 13.4. The Morgan fingerprint density at radius 2 is 1.79 bits per heavy atom. The van der Waals surface area contributed by atoms with Gasteiger partial charge in [-0.25, -0.2) is 0 Å². The average molecular weight is 297 g/mol. The second-order valence-electron chi connectivity index (χ2n) is 5.64. The third-order valence-electron chi connectivity index (χ3n) is 2.44. The van der Waals surface area contributed by atoms with Gasteiger partial charge >= 0.3 is 11.9 Å². The van der Waals surface area contributed by atoms with Crippen LogP contribution in [-0.4, -0.2) is 55.3 Å². The Morgan fingerprint density at radius 3 is 2.21 bits per heavy atom. The van der Waals surface area contributed by atoms with E-state index in [2.05, 4.69) is 6.92 Å². The Kier molecular flexibility index (Phi) is 10.8. The molecule has 0 bridgehead atoms. The Hall–Kier alpha value is -0.810. The summed E-state index contributed by atoms with van der Waals surface area (Å²) in [7, 11) is 5.83. The highest BCUT2D eigenvalue weighted by Crippen LogP contribution is 2.08. The molecule has 0 radical (unpaired) electrons. The van der Waals surface area contributed by atoms with E-state index in [1.54, 1.807) is 0 Å². The fourth-order valence-electron chi connectivity index (χ4n) is 1.71. The molecule has 0 spiro atoms. The van der Waals surface area contributed by atoms with E-state index in [9.17, 15) is 9.59 Å². The van der Waals surface area contributed by atoms with E-state index in [4.69, 9.17) is 9.84 Å². The zero-order valence-corrected chi connectivity index (χ0v) is 13.2. The van der Waals surface area contributed by atoms with Crippen LogP contribution in [0.5, 0.6) is 0 Å². The van der Waals surface area contributed by atoms with Crippen LogP contribution in [0, 0.1) is 0 Å². The number of likely N-dealkylation sites (N-methyl/N-ethyl adjacent to an activating group) is 1. The number of unbranched alkanes of at least 4 members (excludes halogenated alkanes) is 2. The molecule has 1 unspecified atom stereocenters. The number of halogens is 1. The van der Waals surface area contributed by atoms with E-state index in [1.165, 1.54) is 0 Å². The second-order valence-corrected chi connectivity index (χ2v) is 5.64. The van der Waals surface area contributed by atoms with Crippen LogP contribution in [0.4, 0.5) is 0 Å². The molecule has 114 valence electrons. The van der Waals surface area contributed by atoms with Gasteiger partial charge in [0.05, 0.1) is 27.6 Å². The molecule has 0 aliphatic carbocycles. The summed E-state index contributed by atoms with van der Waals surface area (Å²) < 4.78 is 5.82. The zero-order chi connectivity index (χ0) is 14.2. The molecule has 19 heavy (non-hydrogen) atoms. The number of hydrogen-bond donors (Lipinski definition) is 1. The number of aliphatic carboxylic acids is 1. The van der Waals surface area contributed by atoms with Gasteiger partial charge in [0.1, 0.15) is 6.54 Å². The molecule has 0 aromatic heterocycles. The number of carbonyl (C=O) groups excluding carboxylic acids is 1. The van der Waals surface area contributed by atoms with Crippen LogP contribution in [0.25, 0.3) is 0 Å². The van der Waals surface area contributed by atoms with Crippen molar-refractivity contribution in [1.82, 2.24) is 0 Å². The van der Waals surface area contributed by atoms with Crippen LogP contribution in [0.2, 0.25) is 0 Å². The molecule has 0 aliphatic rings. The molecule has 0 saturated heterocycles. The molecule has 1 N–H and O–H groups in total. The fraction of sp³-hybridized carbons (Fsp3) is 0.846. The van der Waals surface area contributed by atoms with Crippen LogP contribution in [-0.2, 0) is 14.3 Å². The highest BCUT2D eigenvalue weighted by molar-refractivity contribution is 5.85. The predicted octanol–water partition coefficient (Wildman–Crippen LogP) is 2.08. The number of esters is 1. The predicted molar refractivity (Wildman–Crippen MR) is 76.4 cm³/mol. The number of carboxylic acid groups (broad SMARTS) is 1. The molecule has 0 amide bonds. The number of hydrogen-bond acceptors (Lipinski definition) is 3. The van der Waals surface area contributed by atoms with Gasteiger partial charge in [-0.15, -0.1) is 12.4 Å². The van der Waals surface area contributed by atoms with Gasteiger partial charge in [0.15, 0.2) is 6.10 Å². The van der Waals surface area contributed by atoms with Gasteiger partial charge in [-0.1, -0.05) is 19.8 Å². The summed E-state index contributed by atoms with van der Waals surface area (Å²) >= 11 is 0. The van der Waals surface area contributed by atoms with E-state index in [0.717, 1.165) is 19.3 Å². The lowest BCUT2D eigenvalue weighted by molar-refractivity contribution is -0.873. The van der Waals surface area contributed by atoms with Gasteiger partial charge in [0.2, 0.25) is 0 Å². The van der Waals surface area contributed by atoms with Crippen molar-refractivity contribution in [1.29, 1.82) is 0 Å². The minimum Gasteiger partial charge on any atom is -0.481 e. The number of quaternary nitrogens is 1. The van der Waals surface area contributed by atoms with E-state index < -0.39 is 12.1 Å². The Bertz CT molecular complexity index is 276. The van der Waals surface area contributed by atoms with E-state index in [0.29, 0.717) is 17.4 Å².